The minimum Gasteiger partial charge on any atom is -0.485 e. The summed E-state index contributed by atoms with van der Waals surface area (Å²) in [7, 11) is 0. The van der Waals surface area contributed by atoms with Crippen molar-refractivity contribution in [3.05, 3.63) is 58.9 Å². The highest BCUT2D eigenvalue weighted by molar-refractivity contribution is 6.31. The van der Waals surface area contributed by atoms with E-state index in [-0.39, 0.29) is 0 Å². The van der Waals surface area contributed by atoms with Gasteiger partial charge in [0.25, 0.3) is 0 Å². The van der Waals surface area contributed by atoms with Gasteiger partial charge in [0.15, 0.2) is 0 Å². The number of aryl methyl sites for hydroxylation is 1. The molecule has 3 rings (SSSR count). The van der Waals surface area contributed by atoms with E-state index in [4.69, 9.17) is 21.3 Å². The van der Waals surface area contributed by atoms with Gasteiger partial charge < -0.3 is 9.30 Å². The number of ether oxygens (including phenoxy) is 1. The Balaban J connectivity index is 1.96. The normalized spacial score (nSPS) is 11.3. The van der Waals surface area contributed by atoms with E-state index in [1.165, 1.54) is 0 Å². The van der Waals surface area contributed by atoms with Crippen LogP contribution in [-0.2, 0) is 6.61 Å². The molecule has 114 valence electrons. The summed E-state index contributed by atoms with van der Waals surface area (Å²) in [5.41, 5.74) is 3.12. The fourth-order valence-electron chi connectivity index (χ4n) is 2.66. The van der Waals surface area contributed by atoms with E-state index in [1.54, 1.807) is 0 Å². The number of fused-ring (bicyclic) bond motifs is 1. The van der Waals surface area contributed by atoms with Crippen molar-refractivity contribution in [2.24, 2.45) is 0 Å². The maximum Gasteiger partial charge on any atom is 0.148 e. The second kappa shape index (κ2) is 6.01. The predicted molar refractivity (Wildman–Crippen MR) is 90.6 cm³/mol. The summed E-state index contributed by atoms with van der Waals surface area (Å²) in [6.45, 7) is 6.77. The first-order valence-corrected chi connectivity index (χ1v) is 7.79. The van der Waals surface area contributed by atoms with Crippen molar-refractivity contribution in [1.82, 2.24) is 9.55 Å². The number of para-hydroxylation sites is 1. The summed E-state index contributed by atoms with van der Waals surface area (Å²) >= 11 is 6.07. The molecule has 0 aliphatic heterocycles. The first kappa shape index (κ1) is 14.9. The smallest absolute Gasteiger partial charge is 0.148 e. The lowest BCUT2D eigenvalue weighted by molar-refractivity contribution is 0.285. The first-order valence-electron chi connectivity index (χ1n) is 7.41. The van der Waals surface area contributed by atoms with Crippen molar-refractivity contribution in [2.45, 2.75) is 33.4 Å². The Morgan fingerprint density at radius 1 is 1.18 bits per heavy atom. The summed E-state index contributed by atoms with van der Waals surface area (Å²) in [4.78, 5) is 4.69. The second-order valence-corrected chi connectivity index (χ2v) is 6.12. The van der Waals surface area contributed by atoms with Crippen LogP contribution >= 0.6 is 11.6 Å². The largest absolute Gasteiger partial charge is 0.485 e. The van der Waals surface area contributed by atoms with Gasteiger partial charge in [-0.05, 0) is 50.6 Å². The van der Waals surface area contributed by atoms with Crippen LogP contribution in [0.1, 0.15) is 31.3 Å². The topological polar surface area (TPSA) is 27.1 Å². The van der Waals surface area contributed by atoms with Crippen LogP contribution in [0.2, 0.25) is 5.02 Å². The Morgan fingerprint density at radius 3 is 2.68 bits per heavy atom. The summed E-state index contributed by atoms with van der Waals surface area (Å²) in [6.07, 6.45) is 0. The maximum atomic E-state index is 6.07. The Kier molecular flexibility index (Phi) is 4.08. The van der Waals surface area contributed by atoms with Gasteiger partial charge in [0.1, 0.15) is 18.2 Å². The number of rotatable bonds is 4. The molecular weight excluding hydrogens is 296 g/mol. The van der Waals surface area contributed by atoms with E-state index in [0.717, 1.165) is 28.2 Å². The minimum atomic E-state index is 0.307. The van der Waals surface area contributed by atoms with Crippen molar-refractivity contribution in [3.8, 4) is 5.75 Å². The van der Waals surface area contributed by atoms with Crippen molar-refractivity contribution in [2.75, 3.05) is 0 Å². The SMILES string of the molecule is Cc1ccccc1OCc1nc2cc(Cl)ccc2n1C(C)C. The number of aromatic nitrogens is 2. The van der Waals surface area contributed by atoms with Crippen molar-refractivity contribution >= 4 is 22.6 Å². The molecule has 0 aliphatic rings. The predicted octanol–water partition coefficient (Wildman–Crippen LogP) is 5.16. The Hall–Kier alpha value is -2.00. The number of hydrogen-bond acceptors (Lipinski definition) is 2. The lowest BCUT2D eigenvalue weighted by Gasteiger charge is -2.14. The fraction of sp³-hybridized carbons (Fsp3) is 0.278. The number of hydrogen-bond donors (Lipinski definition) is 0. The molecule has 0 unspecified atom stereocenters. The highest BCUT2D eigenvalue weighted by atomic mass is 35.5. The average molecular weight is 315 g/mol. The van der Waals surface area contributed by atoms with Gasteiger partial charge in [-0.15, -0.1) is 0 Å². The second-order valence-electron chi connectivity index (χ2n) is 5.68. The van der Waals surface area contributed by atoms with E-state index >= 15 is 0 Å². The molecule has 0 bridgehead atoms. The molecule has 0 saturated heterocycles. The number of nitrogens with zero attached hydrogens (tertiary/aromatic N) is 2. The average Bonchev–Trinajstić information content (AvgIpc) is 2.84. The molecule has 22 heavy (non-hydrogen) atoms. The molecule has 3 nitrogen and oxygen atoms in total. The molecule has 4 heteroatoms. The Bertz CT molecular complexity index is 808. The highest BCUT2D eigenvalue weighted by Crippen LogP contribution is 2.25. The zero-order valence-electron chi connectivity index (χ0n) is 13.0. The van der Waals surface area contributed by atoms with E-state index in [0.29, 0.717) is 17.7 Å². The van der Waals surface area contributed by atoms with Crippen LogP contribution in [-0.4, -0.2) is 9.55 Å². The minimum absolute atomic E-state index is 0.307. The van der Waals surface area contributed by atoms with Gasteiger partial charge in [-0.2, -0.15) is 0 Å². The zero-order valence-corrected chi connectivity index (χ0v) is 13.8. The van der Waals surface area contributed by atoms with Crippen LogP contribution in [0.4, 0.5) is 0 Å². The summed E-state index contributed by atoms with van der Waals surface area (Å²) < 4.78 is 8.16. The highest BCUT2D eigenvalue weighted by Gasteiger charge is 2.14. The van der Waals surface area contributed by atoms with Gasteiger partial charge in [0.05, 0.1) is 11.0 Å². The van der Waals surface area contributed by atoms with Gasteiger partial charge >= 0.3 is 0 Å². The van der Waals surface area contributed by atoms with Crippen LogP contribution in [0, 0.1) is 6.92 Å². The molecule has 0 radical (unpaired) electrons. The molecule has 2 aromatic carbocycles. The molecular formula is C18H19ClN2O. The third kappa shape index (κ3) is 2.81. The van der Waals surface area contributed by atoms with E-state index < -0.39 is 0 Å². The molecule has 1 heterocycles. The summed E-state index contributed by atoms with van der Waals surface area (Å²) in [6, 6.07) is 14.1. The molecule has 0 amide bonds. The van der Waals surface area contributed by atoms with Gasteiger partial charge in [-0.1, -0.05) is 29.8 Å². The third-order valence-electron chi connectivity index (χ3n) is 3.69. The van der Waals surface area contributed by atoms with Crippen LogP contribution in [0.3, 0.4) is 0 Å². The molecule has 0 aliphatic carbocycles. The maximum absolute atomic E-state index is 6.07. The molecule has 1 aromatic heterocycles. The molecule has 0 atom stereocenters. The molecule has 0 saturated carbocycles. The Morgan fingerprint density at radius 2 is 1.95 bits per heavy atom. The van der Waals surface area contributed by atoms with Gasteiger partial charge in [-0.3, -0.25) is 0 Å². The lowest BCUT2D eigenvalue weighted by atomic mass is 10.2. The van der Waals surface area contributed by atoms with Gasteiger partial charge in [0, 0.05) is 11.1 Å². The number of imidazole rings is 1. The van der Waals surface area contributed by atoms with E-state index in [9.17, 15) is 0 Å². The monoisotopic (exact) mass is 314 g/mol. The summed E-state index contributed by atoms with van der Waals surface area (Å²) in [5, 5.41) is 0.701. The zero-order chi connectivity index (χ0) is 15.7. The van der Waals surface area contributed by atoms with E-state index in [2.05, 4.69) is 18.4 Å². The standard InChI is InChI=1S/C18H19ClN2O/c1-12(2)21-16-9-8-14(19)10-15(16)20-18(21)11-22-17-7-5-4-6-13(17)3/h4-10,12H,11H2,1-3H3. The van der Waals surface area contributed by atoms with E-state index in [1.807, 2.05) is 49.4 Å². The van der Waals surface area contributed by atoms with Crippen molar-refractivity contribution < 1.29 is 4.74 Å². The number of benzene rings is 2. The van der Waals surface area contributed by atoms with Crippen molar-refractivity contribution in [1.29, 1.82) is 0 Å². The third-order valence-corrected chi connectivity index (χ3v) is 3.93. The van der Waals surface area contributed by atoms with Gasteiger partial charge in [-0.25, -0.2) is 4.98 Å². The molecule has 0 spiro atoms. The quantitative estimate of drug-likeness (QED) is 0.665. The van der Waals surface area contributed by atoms with Crippen LogP contribution in [0.5, 0.6) is 5.75 Å². The van der Waals surface area contributed by atoms with Crippen LogP contribution in [0.25, 0.3) is 11.0 Å². The lowest BCUT2D eigenvalue weighted by Crippen LogP contribution is -2.09. The Labute approximate surface area is 135 Å². The molecule has 0 N–H and O–H groups in total. The fourth-order valence-corrected chi connectivity index (χ4v) is 2.83. The first-order chi connectivity index (χ1) is 10.6. The van der Waals surface area contributed by atoms with Crippen molar-refractivity contribution in [3.63, 3.8) is 0 Å². The summed E-state index contributed by atoms with van der Waals surface area (Å²) in [5.74, 6) is 1.80. The molecule has 3 aromatic rings. The molecule has 0 fully saturated rings. The van der Waals surface area contributed by atoms with Gasteiger partial charge in [0.2, 0.25) is 0 Å². The van der Waals surface area contributed by atoms with Crippen LogP contribution < -0.4 is 4.74 Å². The number of halogens is 1. The van der Waals surface area contributed by atoms with Crippen LogP contribution in [0.15, 0.2) is 42.5 Å².